The predicted molar refractivity (Wildman–Crippen MR) is 165 cm³/mol. The molecule has 2 aliphatic heterocycles. The van der Waals surface area contributed by atoms with Crippen LogP contribution in [0.25, 0.3) is 21.2 Å². The fraction of sp³-hybridized carbons (Fsp3) is 0.118. The number of anilines is 2. The molecule has 2 amide bonds. The number of benzene rings is 4. The lowest BCUT2D eigenvalue weighted by molar-refractivity contribution is -0.121. The maximum Gasteiger partial charge on any atom is 0.297 e. The van der Waals surface area contributed by atoms with Crippen molar-refractivity contribution in [3.63, 3.8) is 0 Å². The Morgan fingerprint density at radius 2 is 1.77 bits per heavy atom. The molecule has 4 aromatic carbocycles. The molecule has 8 nitrogen and oxygen atoms in total. The van der Waals surface area contributed by atoms with Crippen LogP contribution in [0.4, 0.5) is 15.2 Å². The van der Waals surface area contributed by atoms with Gasteiger partial charge in [0.25, 0.3) is 11.8 Å². The van der Waals surface area contributed by atoms with Crippen LogP contribution in [0.1, 0.15) is 32.8 Å². The van der Waals surface area contributed by atoms with Crippen LogP contribution in [0, 0.1) is 12.7 Å². The Labute approximate surface area is 253 Å². The topological polar surface area (TPSA) is 93.0 Å². The summed E-state index contributed by atoms with van der Waals surface area (Å²) < 4.78 is 27.2. The number of carbonyl (C=O) groups excluding carboxylic acids is 2. The molecule has 0 saturated heterocycles. The van der Waals surface area contributed by atoms with Crippen LogP contribution in [0.5, 0.6) is 5.75 Å². The molecule has 0 radical (unpaired) electrons. The second-order valence-electron chi connectivity index (χ2n) is 10.8. The molecule has 44 heavy (non-hydrogen) atoms. The standard InChI is InChI=1S/C34H22FN3O5S/c1-18-11-14-26-21(15-18)29(39)28-30(43-26)31(40)38(33-36-24-13-12-20(42-2)16-27(24)44-33)34(28)22-8-4-6-10-25(22)37(32(34)41)17-19-7-3-5-9-23(19)35/h3-16H,17H2,1-2H3. The molecule has 6 aromatic rings. The smallest absolute Gasteiger partial charge is 0.297 e. The molecule has 0 saturated carbocycles. The maximum atomic E-state index is 15.1. The second-order valence-corrected chi connectivity index (χ2v) is 11.8. The average molecular weight is 604 g/mol. The lowest BCUT2D eigenvalue weighted by Crippen LogP contribution is -2.53. The highest BCUT2D eigenvalue weighted by Crippen LogP contribution is 2.55. The number of rotatable bonds is 4. The molecule has 10 heteroatoms. The number of amides is 2. The minimum absolute atomic E-state index is 0.0779. The number of hydrogen-bond acceptors (Lipinski definition) is 7. The van der Waals surface area contributed by atoms with Crippen LogP contribution < -0.4 is 20.0 Å². The average Bonchev–Trinajstić information content (AvgIpc) is 3.64. The Kier molecular flexibility index (Phi) is 5.57. The van der Waals surface area contributed by atoms with Crippen LogP contribution in [-0.2, 0) is 16.9 Å². The fourth-order valence-electron chi connectivity index (χ4n) is 6.35. The monoisotopic (exact) mass is 603 g/mol. The van der Waals surface area contributed by atoms with Gasteiger partial charge in [-0.1, -0.05) is 59.4 Å². The molecule has 1 spiro atoms. The molecule has 1 unspecified atom stereocenters. The molecule has 8 rings (SSSR count). The first-order valence-corrected chi connectivity index (χ1v) is 14.7. The van der Waals surface area contributed by atoms with Gasteiger partial charge in [-0.2, -0.15) is 0 Å². The van der Waals surface area contributed by atoms with Gasteiger partial charge in [-0.3, -0.25) is 19.3 Å². The summed E-state index contributed by atoms with van der Waals surface area (Å²) in [6.07, 6.45) is 0. The highest BCUT2D eigenvalue weighted by atomic mass is 32.1. The van der Waals surface area contributed by atoms with Crippen LogP contribution in [0.15, 0.2) is 94.1 Å². The molecular formula is C34H22FN3O5S. The third kappa shape index (κ3) is 3.42. The third-order valence-corrected chi connectivity index (χ3v) is 9.34. The van der Waals surface area contributed by atoms with E-state index in [2.05, 4.69) is 0 Å². The molecule has 2 aliphatic rings. The van der Waals surface area contributed by atoms with Gasteiger partial charge in [0.1, 0.15) is 17.1 Å². The van der Waals surface area contributed by atoms with Crippen molar-refractivity contribution in [2.45, 2.75) is 19.0 Å². The minimum Gasteiger partial charge on any atom is -0.497 e. The van der Waals surface area contributed by atoms with E-state index < -0.39 is 28.6 Å². The van der Waals surface area contributed by atoms with Gasteiger partial charge in [0.15, 0.2) is 16.1 Å². The third-order valence-electron chi connectivity index (χ3n) is 8.34. The molecule has 0 fully saturated rings. The SMILES string of the molecule is COc1ccc2nc(N3C(=O)c4oc5ccc(C)cc5c(=O)c4C34C(=O)N(Cc3ccccc3F)c3ccccc34)sc2c1. The summed E-state index contributed by atoms with van der Waals surface area (Å²) in [5.74, 6) is -1.33. The van der Waals surface area contributed by atoms with E-state index in [1.54, 1.807) is 86.0 Å². The van der Waals surface area contributed by atoms with E-state index in [1.165, 1.54) is 27.2 Å². The molecule has 4 heterocycles. The highest BCUT2D eigenvalue weighted by Gasteiger charge is 2.66. The summed E-state index contributed by atoms with van der Waals surface area (Å²) in [5, 5.41) is 0.463. The number of nitrogens with zero attached hydrogens (tertiary/aromatic N) is 3. The van der Waals surface area contributed by atoms with E-state index in [-0.39, 0.29) is 39.5 Å². The number of carbonyl (C=O) groups is 2. The Hall–Kier alpha value is -5.35. The molecule has 1 atom stereocenters. The predicted octanol–water partition coefficient (Wildman–Crippen LogP) is 6.31. The van der Waals surface area contributed by atoms with Gasteiger partial charge in [0.2, 0.25) is 5.76 Å². The minimum atomic E-state index is -1.94. The largest absolute Gasteiger partial charge is 0.497 e. The molecule has 0 bridgehead atoms. The zero-order valence-electron chi connectivity index (χ0n) is 23.5. The molecule has 0 N–H and O–H groups in total. The van der Waals surface area contributed by atoms with Gasteiger partial charge in [0, 0.05) is 11.1 Å². The van der Waals surface area contributed by atoms with Crippen LogP contribution in [0.2, 0.25) is 0 Å². The lowest BCUT2D eigenvalue weighted by atomic mass is 9.84. The number of fused-ring (bicyclic) bond motifs is 6. The fourth-order valence-corrected chi connectivity index (χ4v) is 7.39. The Balaban J connectivity index is 1.45. The van der Waals surface area contributed by atoms with Gasteiger partial charge < -0.3 is 14.1 Å². The lowest BCUT2D eigenvalue weighted by Gasteiger charge is -2.32. The number of thiazole rings is 1. The molecular weight excluding hydrogens is 581 g/mol. The summed E-state index contributed by atoms with van der Waals surface area (Å²) >= 11 is 1.20. The van der Waals surface area contributed by atoms with Crippen molar-refractivity contribution in [1.29, 1.82) is 0 Å². The normalized spacial score (nSPS) is 17.2. The molecule has 0 aliphatic carbocycles. The summed E-state index contributed by atoms with van der Waals surface area (Å²) in [6.45, 7) is 1.73. The quantitative estimate of drug-likeness (QED) is 0.235. The van der Waals surface area contributed by atoms with Crippen molar-refractivity contribution in [3.05, 3.63) is 129 Å². The number of hydrogen-bond donors (Lipinski definition) is 0. The van der Waals surface area contributed by atoms with Gasteiger partial charge in [-0.15, -0.1) is 0 Å². The summed E-state index contributed by atoms with van der Waals surface area (Å²) in [5.41, 5.74) is 0.293. The first-order valence-electron chi connectivity index (χ1n) is 13.8. The number of aryl methyl sites for hydroxylation is 1. The number of aromatic nitrogens is 1. The molecule has 2 aromatic heterocycles. The van der Waals surface area contributed by atoms with E-state index in [9.17, 15) is 14.0 Å². The Morgan fingerprint density at radius 1 is 0.977 bits per heavy atom. The molecule has 216 valence electrons. The van der Waals surface area contributed by atoms with Gasteiger partial charge in [-0.25, -0.2) is 9.37 Å². The van der Waals surface area contributed by atoms with Crippen molar-refractivity contribution in [2.75, 3.05) is 16.9 Å². The zero-order chi connectivity index (χ0) is 30.3. The number of methoxy groups -OCH3 is 1. The zero-order valence-corrected chi connectivity index (χ0v) is 24.3. The van der Waals surface area contributed by atoms with Crippen molar-refractivity contribution >= 4 is 55.2 Å². The van der Waals surface area contributed by atoms with Crippen LogP contribution >= 0.6 is 11.3 Å². The van der Waals surface area contributed by atoms with Gasteiger partial charge >= 0.3 is 0 Å². The summed E-state index contributed by atoms with van der Waals surface area (Å²) in [6, 6.07) is 23.6. The number of ether oxygens (including phenoxy) is 1. The van der Waals surface area contributed by atoms with Crippen molar-refractivity contribution in [3.8, 4) is 5.75 Å². The number of para-hydroxylation sites is 1. The van der Waals surface area contributed by atoms with E-state index in [0.29, 0.717) is 22.5 Å². The van der Waals surface area contributed by atoms with Gasteiger partial charge in [0.05, 0.1) is 40.5 Å². The van der Waals surface area contributed by atoms with Crippen molar-refractivity contribution in [2.24, 2.45) is 0 Å². The first kappa shape index (κ1) is 26.3. The maximum absolute atomic E-state index is 15.1. The van der Waals surface area contributed by atoms with Crippen LogP contribution in [0.3, 0.4) is 0 Å². The van der Waals surface area contributed by atoms with Gasteiger partial charge in [-0.05, 0) is 49.4 Å². The van der Waals surface area contributed by atoms with E-state index >= 15 is 4.79 Å². The number of halogens is 1. The summed E-state index contributed by atoms with van der Waals surface area (Å²) in [7, 11) is 1.56. The Morgan fingerprint density at radius 3 is 2.59 bits per heavy atom. The van der Waals surface area contributed by atoms with E-state index in [4.69, 9.17) is 14.1 Å². The summed E-state index contributed by atoms with van der Waals surface area (Å²) in [4.78, 5) is 51.5. The van der Waals surface area contributed by atoms with Crippen LogP contribution in [-0.4, -0.2) is 23.9 Å². The van der Waals surface area contributed by atoms with E-state index in [0.717, 1.165) is 10.3 Å². The van der Waals surface area contributed by atoms with E-state index in [1.807, 2.05) is 6.92 Å². The highest BCUT2D eigenvalue weighted by molar-refractivity contribution is 7.22. The van der Waals surface area contributed by atoms with Crippen molar-refractivity contribution in [1.82, 2.24) is 4.98 Å². The second kappa shape index (κ2) is 9.32. The first-order chi connectivity index (χ1) is 21.3. The van der Waals surface area contributed by atoms with Crippen molar-refractivity contribution < 1.29 is 23.1 Å². The Bertz CT molecular complexity index is 2280.